The summed E-state index contributed by atoms with van der Waals surface area (Å²) < 4.78 is 0. The van der Waals surface area contributed by atoms with Crippen molar-refractivity contribution in [1.29, 1.82) is 0 Å². The van der Waals surface area contributed by atoms with E-state index in [-0.39, 0.29) is 6.03 Å². The van der Waals surface area contributed by atoms with Crippen LogP contribution in [0.15, 0.2) is 17.5 Å². The van der Waals surface area contributed by atoms with Crippen LogP contribution in [0.25, 0.3) is 0 Å². The van der Waals surface area contributed by atoms with Gasteiger partial charge < -0.3 is 15.3 Å². The predicted molar refractivity (Wildman–Crippen MR) is 70.6 cm³/mol. The molecule has 1 heterocycles. The van der Waals surface area contributed by atoms with E-state index in [9.17, 15) is 9.59 Å². The van der Waals surface area contributed by atoms with Gasteiger partial charge in [0.1, 0.15) is 6.04 Å². The molecule has 0 saturated carbocycles. The van der Waals surface area contributed by atoms with Crippen molar-refractivity contribution in [1.82, 2.24) is 10.2 Å². The number of aliphatic carboxylic acids is 1. The molecule has 2 N–H and O–H groups in total. The van der Waals surface area contributed by atoms with Crippen LogP contribution in [0.5, 0.6) is 0 Å². The lowest BCUT2D eigenvalue weighted by molar-refractivity contribution is -0.139. The first-order valence-electron chi connectivity index (χ1n) is 5.89. The molecule has 5 nitrogen and oxygen atoms in total. The zero-order valence-corrected chi connectivity index (χ0v) is 11.4. The van der Waals surface area contributed by atoms with Gasteiger partial charge in [0.25, 0.3) is 0 Å². The summed E-state index contributed by atoms with van der Waals surface area (Å²) in [5.74, 6) is -1.00. The van der Waals surface area contributed by atoms with Crippen molar-refractivity contribution in [3.05, 3.63) is 22.4 Å². The molecule has 0 unspecified atom stereocenters. The van der Waals surface area contributed by atoms with Gasteiger partial charge in [-0.15, -0.1) is 11.3 Å². The Hall–Kier alpha value is -1.56. The van der Waals surface area contributed by atoms with Crippen molar-refractivity contribution in [3.63, 3.8) is 0 Å². The monoisotopic (exact) mass is 270 g/mol. The van der Waals surface area contributed by atoms with Crippen LogP contribution in [0.3, 0.4) is 0 Å². The number of nitrogens with zero attached hydrogens (tertiary/aromatic N) is 1. The van der Waals surface area contributed by atoms with E-state index in [1.54, 1.807) is 23.2 Å². The molecule has 2 amide bonds. The van der Waals surface area contributed by atoms with Gasteiger partial charge in [0.15, 0.2) is 0 Å². The number of amides is 2. The minimum atomic E-state index is -1.00. The molecule has 1 atom stereocenters. The average Bonchev–Trinajstić information content (AvgIpc) is 2.85. The van der Waals surface area contributed by atoms with E-state index in [2.05, 4.69) is 5.32 Å². The lowest BCUT2D eigenvalue weighted by atomic mass is 10.2. The van der Waals surface area contributed by atoms with E-state index < -0.39 is 12.0 Å². The van der Waals surface area contributed by atoms with Crippen LogP contribution in [0.2, 0.25) is 0 Å². The van der Waals surface area contributed by atoms with E-state index in [0.717, 1.165) is 4.88 Å². The highest BCUT2D eigenvalue weighted by Gasteiger charge is 2.20. The van der Waals surface area contributed by atoms with Gasteiger partial charge in [0.05, 0.1) is 6.54 Å². The number of carbonyl (C=O) groups is 2. The third-order valence-electron chi connectivity index (χ3n) is 2.60. The zero-order chi connectivity index (χ0) is 13.5. The van der Waals surface area contributed by atoms with Crippen molar-refractivity contribution in [2.24, 2.45) is 0 Å². The van der Waals surface area contributed by atoms with E-state index >= 15 is 0 Å². The molecule has 1 aromatic heterocycles. The Balaban J connectivity index is 2.59. The Labute approximate surface area is 110 Å². The number of hydrogen-bond acceptors (Lipinski definition) is 3. The average molecular weight is 270 g/mol. The molecule has 1 rings (SSSR count). The Morgan fingerprint density at radius 1 is 1.50 bits per heavy atom. The highest BCUT2D eigenvalue weighted by molar-refractivity contribution is 7.09. The Kier molecular flexibility index (Phi) is 5.64. The van der Waals surface area contributed by atoms with Gasteiger partial charge in [0, 0.05) is 11.4 Å². The van der Waals surface area contributed by atoms with E-state index in [1.807, 2.05) is 24.4 Å². The topological polar surface area (TPSA) is 69.6 Å². The molecule has 0 fully saturated rings. The van der Waals surface area contributed by atoms with Gasteiger partial charge in [-0.2, -0.15) is 0 Å². The fourth-order valence-electron chi connectivity index (χ4n) is 1.50. The molecular weight excluding hydrogens is 252 g/mol. The first kappa shape index (κ1) is 14.5. The third-order valence-corrected chi connectivity index (χ3v) is 3.46. The first-order valence-corrected chi connectivity index (χ1v) is 6.77. The maximum absolute atomic E-state index is 11.9. The molecule has 18 heavy (non-hydrogen) atoms. The SMILES string of the molecule is CC[C@H](NC(=O)N(CC)Cc1cccs1)C(=O)O. The van der Waals surface area contributed by atoms with Crippen LogP contribution in [0.1, 0.15) is 25.1 Å². The summed E-state index contributed by atoms with van der Waals surface area (Å²) in [6, 6.07) is 2.72. The Morgan fingerprint density at radius 3 is 2.67 bits per heavy atom. The number of hydrogen-bond donors (Lipinski definition) is 2. The molecule has 0 aromatic carbocycles. The number of urea groups is 1. The summed E-state index contributed by atoms with van der Waals surface area (Å²) in [7, 11) is 0. The van der Waals surface area contributed by atoms with Crippen molar-refractivity contribution < 1.29 is 14.7 Å². The van der Waals surface area contributed by atoms with E-state index in [4.69, 9.17) is 5.11 Å². The molecule has 0 radical (unpaired) electrons. The quantitative estimate of drug-likeness (QED) is 0.832. The molecule has 0 aliphatic rings. The van der Waals surface area contributed by atoms with Crippen LogP contribution in [0, 0.1) is 0 Å². The fourth-order valence-corrected chi connectivity index (χ4v) is 2.22. The lowest BCUT2D eigenvalue weighted by Crippen LogP contribution is -2.47. The van der Waals surface area contributed by atoms with Gasteiger partial charge in [-0.25, -0.2) is 9.59 Å². The second kappa shape index (κ2) is 7.00. The summed E-state index contributed by atoms with van der Waals surface area (Å²) in [6.45, 7) is 4.65. The third kappa shape index (κ3) is 4.03. The molecule has 0 bridgehead atoms. The molecule has 0 saturated heterocycles. The molecule has 0 spiro atoms. The maximum atomic E-state index is 11.9. The normalized spacial score (nSPS) is 11.9. The van der Waals surface area contributed by atoms with Gasteiger partial charge >= 0.3 is 12.0 Å². The van der Waals surface area contributed by atoms with Gasteiger partial charge in [0.2, 0.25) is 0 Å². The summed E-state index contributed by atoms with van der Waals surface area (Å²) in [6.07, 6.45) is 0.373. The lowest BCUT2D eigenvalue weighted by Gasteiger charge is -2.23. The van der Waals surface area contributed by atoms with Crippen molar-refractivity contribution in [3.8, 4) is 0 Å². The second-order valence-electron chi connectivity index (χ2n) is 3.84. The van der Waals surface area contributed by atoms with Crippen LogP contribution < -0.4 is 5.32 Å². The van der Waals surface area contributed by atoms with Crippen LogP contribution in [-0.2, 0) is 11.3 Å². The zero-order valence-electron chi connectivity index (χ0n) is 10.5. The Morgan fingerprint density at radius 2 is 2.22 bits per heavy atom. The summed E-state index contributed by atoms with van der Waals surface area (Å²) in [5.41, 5.74) is 0. The molecule has 0 aliphatic heterocycles. The molecule has 0 aliphatic carbocycles. The summed E-state index contributed by atoms with van der Waals surface area (Å²) in [4.78, 5) is 25.5. The van der Waals surface area contributed by atoms with Gasteiger partial charge in [-0.3, -0.25) is 0 Å². The standard InChI is InChI=1S/C12H18N2O3S/c1-3-10(11(15)16)13-12(17)14(4-2)8-9-6-5-7-18-9/h5-7,10H,3-4,8H2,1-2H3,(H,13,17)(H,15,16)/t10-/m0/s1. The maximum Gasteiger partial charge on any atom is 0.326 e. The summed E-state index contributed by atoms with van der Waals surface area (Å²) >= 11 is 1.58. The highest BCUT2D eigenvalue weighted by atomic mass is 32.1. The first-order chi connectivity index (χ1) is 8.58. The minimum Gasteiger partial charge on any atom is -0.480 e. The van der Waals surface area contributed by atoms with Crippen LogP contribution >= 0.6 is 11.3 Å². The number of rotatable bonds is 6. The van der Waals surface area contributed by atoms with E-state index in [1.165, 1.54) is 0 Å². The van der Waals surface area contributed by atoms with Gasteiger partial charge in [-0.05, 0) is 24.8 Å². The second-order valence-corrected chi connectivity index (χ2v) is 4.87. The largest absolute Gasteiger partial charge is 0.480 e. The molecule has 100 valence electrons. The molecule has 6 heteroatoms. The molecular formula is C12H18N2O3S. The fraction of sp³-hybridized carbons (Fsp3) is 0.500. The van der Waals surface area contributed by atoms with Crippen LogP contribution in [0.4, 0.5) is 4.79 Å². The number of carboxylic acids is 1. The number of carbonyl (C=O) groups excluding carboxylic acids is 1. The predicted octanol–water partition coefficient (Wildman–Crippen LogP) is 2.14. The van der Waals surface area contributed by atoms with Crippen LogP contribution in [-0.4, -0.2) is 34.6 Å². The van der Waals surface area contributed by atoms with Crippen molar-refractivity contribution in [2.45, 2.75) is 32.9 Å². The smallest absolute Gasteiger partial charge is 0.326 e. The number of thiophene rings is 1. The van der Waals surface area contributed by atoms with Gasteiger partial charge in [-0.1, -0.05) is 13.0 Å². The van der Waals surface area contributed by atoms with Crippen molar-refractivity contribution in [2.75, 3.05) is 6.54 Å². The number of carboxylic acid groups (broad SMARTS) is 1. The molecule has 1 aromatic rings. The van der Waals surface area contributed by atoms with E-state index in [0.29, 0.717) is 19.5 Å². The summed E-state index contributed by atoms with van der Waals surface area (Å²) in [5, 5.41) is 13.4. The Bertz CT molecular complexity index is 392. The number of nitrogens with one attached hydrogen (secondary N) is 1. The highest BCUT2D eigenvalue weighted by Crippen LogP contribution is 2.11. The van der Waals surface area contributed by atoms with Crippen molar-refractivity contribution >= 4 is 23.3 Å². The minimum absolute atomic E-state index is 0.333.